The van der Waals surface area contributed by atoms with E-state index in [1.807, 2.05) is 14.0 Å². The summed E-state index contributed by atoms with van der Waals surface area (Å²) in [4.78, 5) is 12.1. The highest BCUT2D eigenvalue weighted by Crippen LogP contribution is 2.19. The molecule has 2 aromatic rings. The van der Waals surface area contributed by atoms with Crippen LogP contribution in [-0.2, 0) is 13.6 Å². The maximum Gasteiger partial charge on any atom is 0.269 e. The molecule has 2 aromatic heterocycles. The van der Waals surface area contributed by atoms with Crippen LogP contribution in [0.25, 0.3) is 0 Å². The number of aryl methyl sites for hydroxylation is 2. The molecular formula is C13H19ClN6O. The van der Waals surface area contributed by atoms with Gasteiger partial charge in [0, 0.05) is 26.2 Å². The van der Waals surface area contributed by atoms with Crippen LogP contribution in [0.4, 0.5) is 5.69 Å². The van der Waals surface area contributed by atoms with E-state index in [-0.39, 0.29) is 5.56 Å². The van der Waals surface area contributed by atoms with Crippen LogP contribution in [0.3, 0.4) is 0 Å². The third-order valence-corrected chi connectivity index (χ3v) is 3.63. The quantitative estimate of drug-likeness (QED) is 0.765. The molecule has 2 rings (SSSR count). The van der Waals surface area contributed by atoms with Crippen molar-refractivity contribution in [3.63, 3.8) is 0 Å². The van der Waals surface area contributed by atoms with E-state index >= 15 is 0 Å². The monoisotopic (exact) mass is 310 g/mol. The van der Waals surface area contributed by atoms with Crippen molar-refractivity contribution in [1.29, 1.82) is 0 Å². The Morgan fingerprint density at radius 1 is 1.38 bits per heavy atom. The summed E-state index contributed by atoms with van der Waals surface area (Å²) in [5, 5.41) is 15.1. The Hall–Kier alpha value is -1.86. The Balaban J connectivity index is 2.16. The highest BCUT2D eigenvalue weighted by molar-refractivity contribution is 6.31. The first kappa shape index (κ1) is 15.5. The predicted molar refractivity (Wildman–Crippen MR) is 83.0 cm³/mol. The van der Waals surface area contributed by atoms with Gasteiger partial charge in [-0.1, -0.05) is 11.6 Å². The molecule has 0 aliphatic heterocycles. The summed E-state index contributed by atoms with van der Waals surface area (Å²) >= 11 is 6.19. The topological polar surface area (TPSA) is 76.8 Å². The second-order valence-corrected chi connectivity index (χ2v) is 5.12. The summed E-state index contributed by atoms with van der Waals surface area (Å²) in [5.74, 6) is 0. The molecule has 0 spiro atoms. The molecule has 21 heavy (non-hydrogen) atoms. The lowest BCUT2D eigenvalue weighted by Gasteiger charge is -2.08. The minimum atomic E-state index is -0.181. The van der Waals surface area contributed by atoms with Crippen LogP contribution in [0.15, 0.2) is 17.1 Å². The Bertz CT molecular complexity index is 678. The summed E-state index contributed by atoms with van der Waals surface area (Å²) in [6.45, 7) is 3.67. The molecule has 7 nitrogen and oxygen atoms in total. The summed E-state index contributed by atoms with van der Waals surface area (Å²) in [6, 6.07) is 1.53. The Morgan fingerprint density at radius 3 is 2.71 bits per heavy atom. The van der Waals surface area contributed by atoms with Crippen LogP contribution in [-0.4, -0.2) is 39.7 Å². The fourth-order valence-electron chi connectivity index (χ4n) is 1.97. The van der Waals surface area contributed by atoms with Crippen LogP contribution >= 0.6 is 11.6 Å². The minimum absolute atomic E-state index is 0.181. The second kappa shape index (κ2) is 6.73. The SMILES string of the molecule is CNCCNc1cnn(Cc2c(Cl)c(C)nn2C)c(=O)c1. The smallest absolute Gasteiger partial charge is 0.269 e. The number of nitrogens with zero attached hydrogens (tertiary/aromatic N) is 4. The number of rotatable bonds is 6. The van der Waals surface area contributed by atoms with Crippen molar-refractivity contribution in [2.75, 3.05) is 25.5 Å². The average molecular weight is 311 g/mol. The molecule has 0 aliphatic carbocycles. The van der Waals surface area contributed by atoms with Crippen molar-refractivity contribution >= 4 is 17.3 Å². The van der Waals surface area contributed by atoms with Gasteiger partial charge in [0.15, 0.2) is 0 Å². The van der Waals surface area contributed by atoms with Gasteiger partial charge in [0.1, 0.15) is 0 Å². The van der Waals surface area contributed by atoms with E-state index in [4.69, 9.17) is 11.6 Å². The maximum atomic E-state index is 12.1. The molecule has 0 saturated heterocycles. The van der Waals surface area contributed by atoms with E-state index < -0.39 is 0 Å². The number of nitrogens with one attached hydrogen (secondary N) is 2. The number of hydrogen-bond acceptors (Lipinski definition) is 5. The standard InChI is InChI=1S/C13H19ClN6O/c1-9-13(14)11(19(3)18-9)8-20-12(21)6-10(7-17-20)16-5-4-15-2/h6-7,15-16H,4-5,8H2,1-3H3. The Morgan fingerprint density at radius 2 is 2.14 bits per heavy atom. The second-order valence-electron chi connectivity index (χ2n) is 4.74. The van der Waals surface area contributed by atoms with Gasteiger partial charge in [-0.2, -0.15) is 10.2 Å². The minimum Gasteiger partial charge on any atom is -0.382 e. The molecule has 114 valence electrons. The molecule has 0 unspecified atom stereocenters. The molecule has 2 N–H and O–H groups in total. The van der Waals surface area contributed by atoms with Gasteiger partial charge in [-0.15, -0.1) is 0 Å². The van der Waals surface area contributed by atoms with E-state index in [0.717, 1.165) is 24.5 Å². The van der Waals surface area contributed by atoms with Crippen LogP contribution in [0.2, 0.25) is 5.02 Å². The Labute approximate surface area is 127 Å². The van der Waals surface area contributed by atoms with Crippen molar-refractivity contribution < 1.29 is 0 Å². The van der Waals surface area contributed by atoms with Crippen molar-refractivity contribution in [2.45, 2.75) is 13.5 Å². The normalized spacial score (nSPS) is 10.9. The first-order chi connectivity index (χ1) is 10.0. The van der Waals surface area contributed by atoms with E-state index in [9.17, 15) is 4.79 Å². The van der Waals surface area contributed by atoms with Crippen LogP contribution in [0, 0.1) is 6.92 Å². The van der Waals surface area contributed by atoms with Crippen LogP contribution in [0.1, 0.15) is 11.4 Å². The lowest BCUT2D eigenvalue weighted by molar-refractivity contribution is 0.591. The van der Waals surface area contributed by atoms with Gasteiger partial charge in [0.2, 0.25) is 0 Å². The number of halogens is 1. The molecular weight excluding hydrogens is 292 g/mol. The van der Waals surface area contributed by atoms with Crippen LogP contribution < -0.4 is 16.2 Å². The molecule has 0 aromatic carbocycles. The molecule has 0 atom stereocenters. The van der Waals surface area contributed by atoms with E-state index in [2.05, 4.69) is 20.8 Å². The third kappa shape index (κ3) is 3.62. The molecule has 0 aliphatic rings. The largest absolute Gasteiger partial charge is 0.382 e. The van der Waals surface area contributed by atoms with Gasteiger partial charge in [-0.25, -0.2) is 4.68 Å². The molecule has 0 amide bonds. The van der Waals surface area contributed by atoms with Gasteiger partial charge in [0.25, 0.3) is 5.56 Å². The predicted octanol–water partition coefficient (Wildman–Crippen LogP) is 0.618. The average Bonchev–Trinajstić information content (AvgIpc) is 2.68. The fraction of sp³-hybridized carbons (Fsp3) is 0.462. The number of anilines is 1. The third-order valence-electron chi connectivity index (χ3n) is 3.13. The van der Waals surface area contributed by atoms with E-state index in [1.54, 1.807) is 17.9 Å². The molecule has 0 radical (unpaired) electrons. The molecule has 0 bridgehead atoms. The summed E-state index contributed by atoms with van der Waals surface area (Å²) in [7, 11) is 3.67. The molecule has 0 saturated carbocycles. The van der Waals surface area contributed by atoms with Crippen molar-refractivity contribution in [3.8, 4) is 0 Å². The highest BCUT2D eigenvalue weighted by Gasteiger charge is 2.12. The van der Waals surface area contributed by atoms with Crippen molar-refractivity contribution in [3.05, 3.63) is 39.0 Å². The lowest BCUT2D eigenvalue weighted by atomic mass is 10.3. The number of aromatic nitrogens is 4. The number of likely N-dealkylation sites (N-methyl/N-ethyl adjacent to an activating group) is 1. The summed E-state index contributed by atoms with van der Waals surface area (Å²) in [6.07, 6.45) is 1.63. The lowest BCUT2D eigenvalue weighted by Crippen LogP contribution is -2.25. The zero-order valence-corrected chi connectivity index (χ0v) is 13.1. The fourth-order valence-corrected chi connectivity index (χ4v) is 2.19. The van der Waals surface area contributed by atoms with Crippen molar-refractivity contribution in [2.24, 2.45) is 7.05 Å². The van der Waals surface area contributed by atoms with Gasteiger partial charge >= 0.3 is 0 Å². The first-order valence-corrected chi connectivity index (χ1v) is 7.04. The zero-order valence-electron chi connectivity index (χ0n) is 12.4. The zero-order chi connectivity index (χ0) is 15.4. The van der Waals surface area contributed by atoms with Gasteiger partial charge in [0.05, 0.1) is 34.8 Å². The van der Waals surface area contributed by atoms with Gasteiger partial charge in [-0.3, -0.25) is 9.48 Å². The highest BCUT2D eigenvalue weighted by atomic mass is 35.5. The molecule has 0 fully saturated rings. The number of hydrogen-bond donors (Lipinski definition) is 2. The maximum absolute atomic E-state index is 12.1. The van der Waals surface area contributed by atoms with E-state index in [1.165, 1.54) is 10.7 Å². The summed E-state index contributed by atoms with van der Waals surface area (Å²) in [5.41, 5.74) is 2.03. The van der Waals surface area contributed by atoms with Crippen LogP contribution in [0.5, 0.6) is 0 Å². The van der Waals surface area contributed by atoms with E-state index in [0.29, 0.717) is 17.3 Å². The van der Waals surface area contributed by atoms with Gasteiger partial charge < -0.3 is 10.6 Å². The van der Waals surface area contributed by atoms with Crippen molar-refractivity contribution in [1.82, 2.24) is 24.9 Å². The van der Waals surface area contributed by atoms with Gasteiger partial charge in [-0.05, 0) is 14.0 Å². The first-order valence-electron chi connectivity index (χ1n) is 6.66. The molecule has 8 heteroatoms. The molecule has 2 heterocycles. The Kier molecular flexibility index (Phi) is 4.98. The summed E-state index contributed by atoms with van der Waals surface area (Å²) < 4.78 is 3.04.